The summed E-state index contributed by atoms with van der Waals surface area (Å²) >= 11 is 1.58. The molecule has 2 aromatic carbocycles. The molecule has 0 amide bonds. The van der Waals surface area contributed by atoms with Crippen LogP contribution in [0.1, 0.15) is 51.7 Å². The predicted octanol–water partition coefficient (Wildman–Crippen LogP) is 7.89. The molecular weight excluding hydrogens is 480 g/mol. The molecule has 174 valence electrons. The molecule has 0 saturated carbocycles. The summed E-state index contributed by atoms with van der Waals surface area (Å²) in [5, 5.41) is 0. The monoisotopic (exact) mass is 518 g/mol. The minimum absolute atomic E-state index is 0. The molecule has 0 spiro atoms. The number of allylic oxidation sites excluding steroid dienone is 8. The van der Waals surface area contributed by atoms with Crippen LogP contribution in [-0.2, 0) is 23.3 Å². The first kappa shape index (κ1) is 34.8. The molecule has 2 heteroatoms. The van der Waals surface area contributed by atoms with Crippen molar-refractivity contribution in [2.75, 3.05) is 0 Å². The van der Waals surface area contributed by atoms with Gasteiger partial charge in [-0.3, -0.25) is 12.2 Å². The zero-order chi connectivity index (χ0) is 22.8. The summed E-state index contributed by atoms with van der Waals surface area (Å²) in [6.07, 6.45) is 12.8. The van der Waals surface area contributed by atoms with E-state index in [1.54, 1.807) is 23.3 Å². The van der Waals surface area contributed by atoms with E-state index < -0.39 is 0 Å². The summed E-state index contributed by atoms with van der Waals surface area (Å²) < 4.78 is 0. The van der Waals surface area contributed by atoms with Crippen LogP contribution >= 0.6 is 0 Å². The Morgan fingerprint density at radius 3 is 1.00 bits per heavy atom. The number of hydrogen-bond acceptors (Lipinski definition) is 0. The minimum atomic E-state index is 0. The first-order valence-electron chi connectivity index (χ1n) is 9.95. The Labute approximate surface area is 216 Å². The Kier molecular flexibility index (Phi) is 24.4. The van der Waals surface area contributed by atoms with Crippen molar-refractivity contribution in [3.8, 4) is 0 Å². The molecule has 0 nitrogen and oxygen atoms in total. The molecule has 2 aromatic rings. The van der Waals surface area contributed by atoms with Gasteiger partial charge in [-0.25, -0.2) is 23.3 Å². The van der Waals surface area contributed by atoms with E-state index in [1.807, 2.05) is 67.5 Å². The van der Waals surface area contributed by atoms with Gasteiger partial charge < -0.3 is 14.9 Å². The van der Waals surface area contributed by atoms with Gasteiger partial charge in [-0.2, -0.15) is 60.4 Å². The van der Waals surface area contributed by atoms with Crippen LogP contribution in [0.4, 0.5) is 0 Å². The van der Waals surface area contributed by atoms with Gasteiger partial charge in [-0.15, -0.1) is 37.1 Å². The molecule has 0 fully saturated rings. The molecule has 0 saturated heterocycles. The topological polar surface area (TPSA) is 0 Å². The Morgan fingerprint density at radius 2 is 0.906 bits per heavy atom. The van der Waals surface area contributed by atoms with E-state index in [2.05, 4.69) is 65.8 Å². The van der Waals surface area contributed by atoms with E-state index in [1.165, 1.54) is 22.3 Å². The first-order chi connectivity index (χ1) is 14.4. The third kappa shape index (κ3) is 20.2. The quantitative estimate of drug-likeness (QED) is 0.245. The molecule has 0 atom stereocenters. The van der Waals surface area contributed by atoms with Gasteiger partial charge in [0, 0.05) is 0 Å². The van der Waals surface area contributed by atoms with Crippen LogP contribution in [0.25, 0.3) is 0 Å². The number of rotatable bonds is 0. The second-order valence-electron chi connectivity index (χ2n) is 7.03. The van der Waals surface area contributed by atoms with E-state index in [9.17, 15) is 0 Å². The van der Waals surface area contributed by atoms with Crippen LogP contribution in [0, 0.1) is 40.9 Å². The molecule has 0 aliphatic heterocycles. The number of hydrogen-bond donors (Lipinski definition) is 0. The molecule has 4 rings (SSSR count). The van der Waals surface area contributed by atoms with Gasteiger partial charge in [-0.05, 0) is 0 Å². The van der Waals surface area contributed by atoms with Crippen molar-refractivity contribution in [2.45, 2.75) is 40.5 Å². The van der Waals surface area contributed by atoms with Gasteiger partial charge in [0.1, 0.15) is 0 Å². The van der Waals surface area contributed by atoms with E-state index in [0.717, 1.165) is 24.0 Å². The average molecular weight is 520 g/mol. The molecule has 0 unspecified atom stereocenters. The van der Waals surface area contributed by atoms with Gasteiger partial charge in [0.15, 0.2) is 0 Å². The Hall–Kier alpha value is -1.76. The van der Waals surface area contributed by atoms with E-state index in [-0.39, 0.29) is 14.9 Å². The number of benzene rings is 2. The SMILES string of the molecule is CC1=[C-]CC(C)=C1.CC1=[C-]CC(C)=C1.[CH2-]c1ccccc1.[CH2-]c1ccccc1.[CH3-].[CH3-].[SiH2]=[Zr]. The maximum atomic E-state index is 3.72. The van der Waals surface area contributed by atoms with Crippen molar-refractivity contribution >= 4 is 6.88 Å². The normalized spacial score (nSPS) is 12.2. The van der Waals surface area contributed by atoms with Gasteiger partial charge in [0.2, 0.25) is 0 Å². The van der Waals surface area contributed by atoms with E-state index in [0.29, 0.717) is 0 Å². The van der Waals surface area contributed by atoms with Crippen molar-refractivity contribution in [1.82, 2.24) is 0 Å². The molecule has 0 radical (unpaired) electrons. The second kappa shape index (κ2) is 22.4. The van der Waals surface area contributed by atoms with Crippen LogP contribution in [0.3, 0.4) is 0 Å². The zero-order valence-electron chi connectivity index (χ0n) is 21.0. The molecule has 2 aliphatic rings. The maximum absolute atomic E-state index is 3.72. The third-order valence-electron chi connectivity index (χ3n) is 3.90. The Balaban J connectivity index is -0.000000334. The molecule has 2 aliphatic carbocycles. The van der Waals surface area contributed by atoms with E-state index >= 15 is 0 Å². The van der Waals surface area contributed by atoms with Crippen LogP contribution in [0.15, 0.2) is 95.1 Å². The van der Waals surface area contributed by atoms with Crippen LogP contribution in [-0.4, -0.2) is 6.88 Å². The summed E-state index contributed by atoms with van der Waals surface area (Å²) in [7, 11) is 0. The summed E-state index contributed by atoms with van der Waals surface area (Å²) in [6.45, 7) is 17.8. The van der Waals surface area contributed by atoms with Crippen molar-refractivity contribution in [3.05, 3.63) is 147 Å². The molecular formula is C30H40SiZr-6. The Bertz CT molecular complexity index is 756. The van der Waals surface area contributed by atoms with Gasteiger partial charge in [-0.1, -0.05) is 39.8 Å². The van der Waals surface area contributed by atoms with Crippen molar-refractivity contribution < 1.29 is 23.3 Å². The predicted molar refractivity (Wildman–Crippen MR) is 145 cm³/mol. The van der Waals surface area contributed by atoms with Crippen molar-refractivity contribution in [1.29, 1.82) is 0 Å². The fourth-order valence-electron chi connectivity index (χ4n) is 2.46. The average Bonchev–Trinajstić information content (AvgIpc) is 3.32. The molecule has 0 N–H and O–H groups in total. The molecule has 0 heterocycles. The molecule has 32 heavy (non-hydrogen) atoms. The third-order valence-corrected chi connectivity index (χ3v) is 3.90. The van der Waals surface area contributed by atoms with Crippen LogP contribution in [0.5, 0.6) is 0 Å². The molecule has 0 bridgehead atoms. The zero-order valence-corrected chi connectivity index (χ0v) is 24.8. The first-order valence-corrected chi connectivity index (χ1v) is 15.9. The fraction of sp³-hybridized carbons (Fsp3) is 0.200. The van der Waals surface area contributed by atoms with Gasteiger partial charge >= 0.3 is 30.2 Å². The van der Waals surface area contributed by atoms with Gasteiger partial charge in [0.05, 0.1) is 0 Å². The summed E-state index contributed by atoms with van der Waals surface area (Å²) in [6, 6.07) is 19.7. The summed E-state index contributed by atoms with van der Waals surface area (Å²) in [5.74, 6) is 0. The van der Waals surface area contributed by atoms with E-state index in [4.69, 9.17) is 0 Å². The van der Waals surface area contributed by atoms with Crippen molar-refractivity contribution in [2.24, 2.45) is 0 Å². The van der Waals surface area contributed by atoms with Crippen molar-refractivity contribution in [3.63, 3.8) is 0 Å². The Morgan fingerprint density at radius 1 is 0.625 bits per heavy atom. The summed E-state index contributed by atoms with van der Waals surface area (Å²) in [4.78, 5) is 0. The second-order valence-corrected chi connectivity index (χ2v) is 7.03. The van der Waals surface area contributed by atoms with Crippen LogP contribution < -0.4 is 0 Å². The van der Waals surface area contributed by atoms with Gasteiger partial charge in [0.25, 0.3) is 0 Å². The fourth-order valence-corrected chi connectivity index (χ4v) is 2.46. The standard InChI is InChI=1S/2C7H9.2C7H7.2CH3.H2Si.Zr/c2*1-6-3-4-7(2)5-6;2*1-7-5-3-2-4-6-7;;;;/h2*5H,3H2,1-2H3;2*2-6H,1H2;2*1H3;1H2;/q6*-1;;. The molecule has 0 aromatic heterocycles. The summed E-state index contributed by atoms with van der Waals surface area (Å²) in [5.41, 5.74) is 7.58. The van der Waals surface area contributed by atoms with Crippen LogP contribution in [0.2, 0.25) is 0 Å².